The monoisotopic (exact) mass is 285 g/mol. The van der Waals surface area contributed by atoms with Gasteiger partial charge in [0.15, 0.2) is 11.5 Å². The standard InChI is InChI=1S/C13H13F2NO4/c1-18-12(17)9-5-3-7-16(9)8-4-2-6-10-11(8)20-13(14,15)19-10/h2,4,6,9H,3,5,7H2,1H3/t9-/m1/s1. The molecule has 0 aromatic heterocycles. The van der Waals surface area contributed by atoms with Crippen LogP contribution in [0.15, 0.2) is 18.2 Å². The summed E-state index contributed by atoms with van der Waals surface area (Å²) >= 11 is 0. The molecule has 1 fully saturated rings. The summed E-state index contributed by atoms with van der Waals surface area (Å²) in [5.74, 6) is -0.443. The van der Waals surface area contributed by atoms with Gasteiger partial charge < -0.3 is 19.1 Å². The van der Waals surface area contributed by atoms with Gasteiger partial charge in [-0.2, -0.15) is 0 Å². The number of carbonyl (C=O) groups excluding carboxylic acids is 1. The van der Waals surface area contributed by atoms with Crippen LogP contribution in [0.4, 0.5) is 14.5 Å². The first kappa shape index (κ1) is 13.0. The fraction of sp³-hybridized carbons (Fsp3) is 0.462. The summed E-state index contributed by atoms with van der Waals surface area (Å²) in [6.45, 7) is 0.575. The molecule has 0 N–H and O–H groups in total. The minimum atomic E-state index is -3.67. The number of hydrogen-bond donors (Lipinski definition) is 0. The predicted octanol–water partition coefficient (Wildman–Crippen LogP) is 2.15. The van der Waals surface area contributed by atoms with Gasteiger partial charge in [0.1, 0.15) is 6.04 Å². The van der Waals surface area contributed by atoms with Crippen LogP contribution in [0, 0.1) is 0 Å². The number of hydrogen-bond acceptors (Lipinski definition) is 5. The number of nitrogens with zero attached hydrogens (tertiary/aromatic N) is 1. The van der Waals surface area contributed by atoms with Crippen molar-refractivity contribution >= 4 is 11.7 Å². The van der Waals surface area contributed by atoms with Crippen molar-refractivity contribution in [3.8, 4) is 11.5 Å². The van der Waals surface area contributed by atoms with Crippen molar-refractivity contribution in [1.82, 2.24) is 0 Å². The predicted molar refractivity (Wildman–Crippen MR) is 65.0 cm³/mol. The summed E-state index contributed by atoms with van der Waals surface area (Å²) < 4.78 is 40.1. The van der Waals surface area contributed by atoms with Gasteiger partial charge in [0, 0.05) is 6.54 Å². The highest BCUT2D eigenvalue weighted by Gasteiger charge is 2.46. The highest BCUT2D eigenvalue weighted by molar-refractivity contribution is 5.82. The van der Waals surface area contributed by atoms with Crippen LogP contribution >= 0.6 is 0 Å². The number of carbonyl (C=O) groups is 1. The van der Waals surface area contributed by atoms with Crippen LogP contribution in [0.2, 0.25) is 0 Å². The van der Waals surface area contributed by atoms with Gasteiger partial charge in [-0.05, 0) is 25.0 Å². The van der Waals surface area contributed by atoms with Crippen molar-refractivity contribution in [2.45, 2.75) is 25.2 Å². The number of halogens is 2. The Labute approximate surface area is 114 Å². The van der Waals surface area contributed by atoms with Crippen LogP contribution in [0.5, 0.6) is 11.5 Å². The average molecular weight is 285 g/mol. The Balaban J connectivity index is 1.96. The van der Waals surface area contributed by atoms with Crippen molar-refractivity contribution in [2.75, 3.05) is 18.6 Å². The Morgan fingerprint density at radius 3 is 3.00 bits per heavy atom. The minimum Gasteiger partial charge on any atom is -0.467 e. The number of esters is 1. The molecular weight excluding hydrogens is 272 g/mol. The van der Waals surface area contributed by atoms with Crippen LogP contribution < -0.4 is 14.4 Å². The number of methoxy groups -OCH3 is 1. The highest BCUT2D eigenvalue weighted by Crippen LogP contribution is 2.48. The summed E-state index contributed by atoms with van der Waals surface area (Å²) in [6.07, 6.45) is -2.27. The normalized spacial score (nSPS) is 22.9. The number of alkyl halides is 2. The first-order chi connectivity index (χ1) is 9.52. The number of fused-ring (bicyclic) bond motifs is 1. The lowest BCUT2D eigenvalue weighted by Gasteiger charge is -2.25. The molecule has 0 spiro atoms. The van der Waals surface area contributed by atoms with Crippen molar-refractivity contribution in [3.63, 3.8) is 0 Å². The molecule has 0 amide bonds. The Kier molecular flexibility index (Phi) is 2.92. The molecule has 1 aromatic rings. The molecule has 2 heterocycles. The van der Waals surface area contributed by atoms with E-state index >= 15 is 0 Å². The Morgan fingerprint density at radius 2 is 2.25 bits per heavy atom. The number of rotatable bonds is 2. The summed E-state index contributed by atoms with van der Waals surface area (Å²) in [6, 6.07) is 4.14. The van der Waals surface area contributed by atoms with Crippen molar-refractivity contribution in [1.29, 1.82) is 0 Å². The molecule has 3 rings (SSSR count). The maximum Gasteiger partial charge on any atom is 0.586 e. The van der Waals surface area contributed by atoms with E-state index in [1.807, 2.05) is 0 Å². The van der Waals surface area contributed by atoms with Gasteiger partial charge in [-0.15, -0.1) is 8.78 Å². The molecule has 2 aliphatic heterocycles. The summed E-state index contributed by atoms with van der Waals surface area (Å²) in [5.41, 5.74) is 0.424. The van der Waals surface area contributed by atoms with E-state index < -0.39 is 12.3 Å². The smallest absolute Gasteiger partial charge is 0.467 e. The maximum atomic E-state index is 13.2. The first-order valence-corrected chi connectivity index (χ1v) is 6.25. The fourth-order valence-electron chi connectivity index (χ4n) is 2.62. The van der Waals surface area contributed by atoms with Crippen LogP contribution in [0.1, 0.15) is 12.8 Å². The van der Waals surface area contributed by atoms with Gasteiger partial charge in [0.25, 0.3) is 0 Å². The molecule has 0 radical (unpaired) electrons. The van der Waals surface area contributed by atoms with E-state index in [2.05, 4.69) is 9.47 Å². The van der Waals surface area contributed by atoms with E-state index in [0.717, 1.165) is 6.42 Å². The Bertz CT molecular complexity index is 549. The highest BCUT2D eigenvalue weighted by atomic mass is 19.3. The molecule has 0 saturated carbocycles. The van der Waals surface area contributed by atoms with E-state index in [0.29, 0.717) is 18.7 Å². The van der Waals surface area contributed by atoms with Crippen LogP contribution in [-0.4, -0.2) is 32.0 Å². The zero-order valence-electron chi connectivity index (χ0n) is 10.8. The summed E-state index contributed by atoms with van der Waals surface area (Å²) in [4.78, 5) is 13.5. The fourth-order valence-corrected chi connectivity index (χ4v) is 2.62. The van der Waals surface area contributed by atoms with Gasteiger partial charge >= 0.3 is 12.3 Å². The van der Waals surface area contributed by atoms with Crippen molar-refractivity contribution < 1.29 is 27.8 Å². The lowest BCUT2D eigenvalue weighted by Crippen LogP contribution is -2.37. The molecule has 5 nitrogen and oxygen atoms in total. The van der Waals surface area contributed by atoms with Crippen molar-refractivity contribution in [3.05, 3.63) is 18.2 Å². The number of anilines is 1. The molecule has 7 heteroatoms. The van der Waals surface area contributed by atoms with Gasteiger partial charge in [0.2, 0.25) is 0 Å². The third-order valence-electron chi connectivity index (χ3n) is 3.44. The average Bonchev–Trinajstić information content (AvgIpc) is 2.99. The number of para-hydroxylation sites is 1. The third-order valence-corrected chi connectivity index (χ3v) is 3.44. The van der Waals surface area contributed by atoms with E-state index in [1.165, 1.54) is 13.2 Å². The SMILES string of the molecule is COC(=O)[C@H]1CCCN1c1cccc2c1OC(F)(F)O2. The topological polar surface area (TPSA) is 48.0 Å². The molecule has 0 bridgehead atoms. The van der Waals surface area contributed by atoms with E-state index in [-0.39, 0.29) is 17.5 Å². The molecule has 20 heavy (non-hydrogen) atoms. The maximum absolute atomic E-state index is 13.2. The van der Waals surface area contributed by atoms with E-state index in [4.69, 9.17) is 4.74 Å². The lowest BCUT2D eigenvalue weighted by molar-refractivity contribution is -0.286. The van der Waals surface area contributed by atoms with Gasteiger partial charge in [-0.3, -0.25) is 0 Å². The van der Waals surface area contributed by atoms with Crippen LogP contribution in [-0.2, 0) is 9.53 Å². The Morgan fingerprint density at radius 1 is 1.45 bits per heavy atom. The van der Waals surface area contributed by atoms with Crippen LogP contribution in [0.25, 0.3) is 0 Å². The third kappa shape index (κ3) is 2.03. The van der Waals surface area contributed by atoms with Gasteiger partial charge in [-0.25, -0.2) is 4.79 Å². The second-order valence-corrected chi connectivity index (χ2v) is 4.65. The summed E-state index contributed by atoms with van der Waals surface area (Å²) in [7, 11) is 1.31. The second kappa shape index (κ2) is 4.50. The van der Waals surface area contributed by atoms with Gasteiger partial charge in [-0.1, -0.05) is 6.07 Å². The molecular formula is C13H13F2NO4. The van der Waals surface area contributed by atoms with E-state index in [1.54, 1.807) is 17.0 Å². The Hall–Kier alpha value is -2.05. The zero-order chi connectivity index (χ0) is 14.3. The molecule has 1 saturated heterocycles. The lowest BCUT2D eigenvalue weighted by atomic mass is 10.2. The molecule has 1 atom stereocenters. The van der Waals surface area contributed by atoms with Crippen LogP contribution in [0.3, 0.4) is 0 Å². The minimum absolute atomic E-state index is 0.0250. The zero-order valence-corrected chi connectivity index (χ0v) is 10.8. The first-order valence-electron chi connectivity index (χ1n) is 6.25. The molecule has 1 aromatic carbocycles. The molecule has 108 valence electrons. The van der Waals surface area contributed by atoms with E-state index in [9.17, 15) is 13.6 Å². The number of benzene rings is 1. The number of ether oxygens (including phenoxy) is 3. The summed E-state index contributed by atoms with van der Waals surface area (Å²) in [5, 5.41) is 0. The quantitative estimate of drug-likeness (QED) is 0.779. The van der Waals surface area contributed by atoms with Gasteiger partial charge in [0.05, 0.1) is 12.8 Å². The molecule has 0 unspecified atom stereocenters. The second-order valence-electron chi connectivity index (χ2n) is 4.65. The van der Waals surface area contributed by atoms with Crippen molar-refractivity contribution in [2.24, 2.45) is 0 Å². The molecule has 0 aliphatic carbocycles. The molecule has 2 aliphatic rings. The largest absolute Gasteiger partial charge is 0.586 e.